The molecule has 1 aromatic carbocycles. The highest BCUT2D eigenvalue weighted by Crippen LogP contribution is 2.54. The number of primary amides is 1. The van der Waals surface area contributed by atoms with E-state index in [2.05, 4.69) is 15.1 Å². The molecule has 5 amide bonds. The van der Waals surface area contributed by atoms with Crippen LogP contribution in [0.3, 0.4) is 0 Å². The molecular formula is C38H52FN5O8S. The molecule has 2 heterocycles. The summed E-state index contributed by atoms with van der Waals surface area (Å²) in [7, 11) is -0.159. The van der Waals surface area contributed by atoms with Crippen LogP contribution in [0.2, 0.25) is 0 Å². The van der Waals surface area contributed by atoms with Crippen LogP contribution in [0, 0.1) is 23.1 Å². The van der Waals surface area contributed by atoms with Gasteiger partial charge < -0.3 is 29.6 Å². The molecule has 1 aromatic rings. The summed E-state index contributed by atoms with van der Waals surface area (Å²) in [5.41, 5.74) is 5.60. The van der Waals surface area contributed by atoms with Crippen molar-refractivity contribution >= 4 is 52.2 Å². The van der Waals surface area contributed by atoms with Crippen LogP contribution in [0.4, 0.5) is 14.0 Å². The lowest BCUT2D eigenvalue weighted by Crippen LogP contribution is -2.46. The molecule has 15 heteroatoms. The number of carbonyl (C=O) groups is 5. The molecule has 3 N–H and O–H groups in total. The highest BCUT2D eigenvalue weighted by Gasteiger charge is 2.54. The Morgan fingerprint density at radius 3 is 2.60 bits per heavy atom. The number of nitrogens with two attached hydrogens (primary N) is 1. The Kier molecular flexibility index (Phi) is 12.8. The maximum absolute atomic E-state index is 14.3. The standard InChI is InChI=1S/C38H52FN5O8S/c1-6-53(28-14-15-28)42-34(47)38(5)19-26(38)12-9-17-50-16-8-11-24(20-41-35(48)52-37(2,3)4)33(46)44-22-27(18-31(44)32(40)45)51-36(49)43-21-25-10-7-13-30(39)29(25)23-43/h6-7,9-10,12-13,20,24,26-28,31H,8,11,14-19,21-23H2,1-5H3,(H2,40,45)(H,42,47)/b12-9-,41-20?/t24?,26-,27-,31+,38+,53?/m1/s1. The second kappa shape index (κ2) is 16.9. The highest BCUT2D eigenvalue weighted by atomic mass is 32.2. The van der Waals surface area contributed by atoms with Crippen LogP contribution >= 0.6 is 10.7 Å². The number of benzene rings is 1. The van der Waals surface area contributed by atoms with Crippen LogP contribution in [-0.4, -0.2) is 94.0 Å². The summed E-state index contributed by atoms with van der Waals surface area (Å²) in [6.45, 7) is 9.83. The molecule has 3 fully saturated rings. The average molecular weight is 758 g/mol. The number of likely N-dealkylation sites (tertiary alicyclic amines) is 1. The molecule has 0 bridgehead atoms. The first kappa shape index (κ1) is 40.1. The molecule has 2 saturated carbocycles. The molecule has 2 aliphatic carbocycles. The minimum absolute atomic E-state index is 0.00638. The van der Waals surface area contributed by atoms with Gasteiger partial charge in [-0.2, -0.15) is 4.99 Å². The largest absolute Gasteiger partial charge is 0.444 e. The Bertz CT molecular complexity index is 1670. The number of ether oxygens (including phenoxy) is 3. The summed E-state index contributed by atoms with van der Waals surface area (Å²) < 4.78 is 34.2. The molecule has 1 saturated heterocycles. The van der Waals surface area contributed by atoms with Gasteiger partial charge in [-0.05, 0) is 82.7 Å². The summed E-state index contributed by atoms with van der Waals surface area (Å²) >= 11 is 0. The number of halogens is 1. The predicted octanol–water partition coefficient (Wildman–Crippen LogP) is 5.02. The lowest BCUT2D eigenvalue weighted by molar-refractivity contribution is -0.139. The fraction of sp³-hybridized carbons (Fsp3) is 0.605. The van der Waals surface area contributed by atoms with E-state index in [-0.39, 0.29) is 55.0 Å². The third kappa shape index (κ3) is 10.5. The monoisotopic (exact) mass is 757 g/mol. The number of amides is 5. The van der Waals surface area contributed by atoms with E-state index in [4.69, 9.17) is 19.9 Å². The van der Waals surface area contributed by atoms with Crippen molar-refractivity contribution in [2.75, 3.05) is 19.8 Å². The van der Waals surface area contributed by atoms with E-state index in [1.54, 1.807) is 32.9 Å². The van der Waals surface area contributed by atoms with Crippen LogP contribution in [-0.2, 0) is 41.7 Å². The second-order valence-corrected chi connectivity index (χ2v) is 17.4. The summed E-state index contributed by atoms with van der Waals surface area (Å²) in [5, 5.41) is 2.68. The van der Waals surface area contributed by atoms with Gasteiger partial charge in [0.1, 0.15) is 23.6 Å². The molecule has 4 aliphatic rings. The average Bonchev–Trinajstić information content (AvgIpc) is 3.95. The molecule has 2 unspecified atom stereocenters. The van der Waals surface area contributed by atoms with E-state index in [1.807, 2.05) is 26.0 Å². The summed E-state index contributed by atoms with van der Waals surface area (Å²) in [6.07, 6.45) is 6.52. The zero-order chi connectivity index (χ0) is 38.5. The number of hydrogen-bond donors (Lipinski definition) is 2. The van der Waals surface area contributed by atoms with Gasteiger partial charge in [-0.1, -0.05) is 41.9 Å². The molecule has 290 valence electrons. The van der Waals surface area contributed by atoms with Gasteiger partial charge in [0, 0.05) is 36.6 Å². The van der Waals surface area contributed by atoms with Crippen LogP contribution in [0.1, 0.15) is 84.3 Å². The van der Waals surface area contributed by atoms with E-state index in [0.29, 0.717) is 36.0 Å². The normalized spacial score (nSPS) is 25.1. The number of rotatable bonds is 14. The number of nitrogens with zero attached hydrogens (tertiary/aromatic N) is 3. The van der Waals surface area contributed by atoms with Crippen LogP contribution < -0.4 is 10.5 Å². The fourth-order valence-corrected chi connectivity index (χ4v) is 8.39. The molecule has 0 radical (unpaired) electrons. The molecule has 6 atom stereocenters. The van der Waals surface area contributed by atoms with E-state index in [0.717, 1.165) is 6.42 Å². The number of fused-ring (bicyclic) bond motifs is 1. The van der Waals surface area contributed by atoms with Gasteiger partial charge in [0.05, 0.1) is 31.0 Å². The quantitative estimate of drug-likeness (QED) is 0.115. The highest BCUT2D eigenvalue weighted by molar-refractivity contribution is 8.14. The molecule has 53 heavy (non-hydrogen) atoms. The SMILES string of the molecule is C/C=S(/NC(=O)[C@@]1(C)C[C@H]1/C=C\COCCCC(C=NC(=O)OC(C)(C)C)C(=O)N1C[C@H](OC(=O)N2Cc3cccc(F)c3C2)C[C@H]1C(N)=O)C1CC1. The van der Waals surface area contributed by atoms with Gasteiger partial charge in [-0.3, -0.25) is 19.3 Å². The van der Waals surface area contributed by atoms with Crippen molar-refractivity contribution in [1.29, 1.82) is 0 Å². The van der Waals surface area contributed by atoms with Crippen molar-refractivity contribution in [3.63, 3.8) is 0 Å². The maximum atomic E-state index is 14.3. The number of hydrogen-bond acceptors (Lipinski definition) is 8. The minimum Gasteiger partial charge on any atom is -0.444 e. The Balaban J connectivity index is 1.13. The first-order valence-corrected chi connectivity index (χ1v) is 19.6. The Morgan fingerprint density at radius 2 is 1.94 bits per heavy atom. The zero-order valence-corrected chi connectivity index (χ0v) is 32.0. The van der Waals surface area contributed by atoms with E-state index < -0.39 is 58.9 Å². The van der Waals surface area contributed by atoms with Gasteiger partial charge in [-0.25, -0.2) is 14.0 Å². The lowest BCUT2D eigenvalue weighted by atomic mass is 10.0. The van der Waals surface area contributed by atoms with Crippen molar-refractivity contribution in [2.45, 2.75) is 109 Å². The van der Waals surface area contributed by atoms with Crippen molar-refractivity contribution in [3.05, 3.63) is 47.3 Å². The second-order valence-electron chi connectivity index (χ2n) is 15.4. The van der Waals surface area contributed by atoms with Gasteiger partial charge in [0.2, 0.25) is 17.7 Å². The predicted molar refractivity (Wildman–Crippen MR) is 199 cm³/mol. The van der Waals surface area contributed by atoms with E-state index >= 15 is 0 Å². The molecule has 0 aromatic heterocycles. The van der Waals surface area contributed by atoms with Crippen LogP contribution in [0.15, 0.2) is 35.3 Å². The van der Waals surface area contributed by atoms with Crippen LogP contribution in [0.5, 0.6) is 0 Å². The Morgan fingerprint density at radius 1 is 1.19 bits per heavy atom. The zero-order valence-electron chi connectivity index (χ0n) is 31.2. The Hall–Kier alpha value is -4.11. The topological polar surface area (TPSA) is 170 Å². The molecule has 5 rings (SSSR count). The summed E-state index contributed by atoms with van der Waals surface area (Å²) in [4.78, 5) is 71.3. The lowest BCUT2D eigenvalue weighted by Gasteiger charge is -2.25. The molecule has 0 spiro atoms. The van der Waals surface area contributed by atoms with Crippen molar-refractivity contribution in [3.8, 4) is 0 Å². The van der Waals surface area contributed by atoms with Gasteiger partial charge in [0.25, 0.3) is 0 Å². The van der Waals surface area contributed by atoms with E-state index in [1.165, 1.54) is 34.9 Å². The maximum Gasteiger partial charge on any atom is 0.433 e. The number of nitrogens with one attached hydrogen (secondary N) is 1. The van der Waals surface area contributed by atoms with Gasteiger partial charge in [0.15, 0.2) is 0 Å². The summed E-state index contributed by atoms with van der Waals surface area (Å²) in [6, 6.07) is 3.61. The first-order chi connectivity index (χ1) is 25.1. The fourth-order valence-electron chi connectivity index (χ4n) is 6.63. The number of aliphatic imine (C=N–C) groups is 1. The van der Waals surface area contributed by atoms with Crippen molar-refractivity contribution < 1.29 is 42.6 Å². The minimum atomic E-state index is -1.05. The molecule has 13 nitrogen and oxygen atoms in total. The number of carbonyl (C=O) groups excluding carboxylic acids is 5. The van der Waals surface area contributed by atoms with E-state index in [9.17, 15) is 28.4 Å². The van der Waals surface area contributed by atoms with Crippen molar-refractivity contribution in [2.24, 2.45) is 28.0 Å². The smallest absolute Gasteiger partial charge is 0.433 e. The van der Waals surface area contributed by atoms with Gasteiger partial charge in [-0.15, -0.1) is 0 Å². The third-order valence-corrected chi connectivity index (χ3v) is 12.1. The molecule has 2 aliphatic heterocycles. The number of allylic oxidation sites excluding steroid dienone is 1. The third-order valence-electron chi connectivity index (χ3n) is 9.95. The van der Waals surface area contributed by atoms with Gasteiger partial charge >= 0.3 is 12.2 Å². The van der Waals surface area contributed by atoms with Crippen LogP contribution in [0.25, 0.3) is 0 Å². The van der Waals surface area contributed by atoms with Crippen molar-refractivity contribution in [1.82, 2.24) is 14.5 Å². The Labute approximate surface area is 312 Å². The first-order valence-electron chi connectivity index (χ1n) is 18.2. The summed E-state index contributed by atoms with van der Waals surface area (Å²) in [5.74, 6) is -2.36. The molecular weight excluding hydrogens is 706 g/mol.